The summed E-state index contributed by atoms with van der Waals surface area (Å²) in [5, 5.41) is 16.9. The highest BCUT2D eigenvalue weighted by Gasteiger charge is 2.40. The van der Waals surface area contributed by atoms with E-state index in [-0.39, 0.29) is 17.9 Å². The van der Waals surface area contributed by atoms with Crippen molar-refractivity contribution in [2.75, 3.05) is 13.6 Å². The zero-order chi connectivity index (χ0) is 21.1. The summed E-state index contributed by atoms with van der Waals surface area (Å²) in [6.45, 7) is 7.25. The van der Waals surface area contributed by atoms with Gasteiger partial charge in [0.1, 0.15) is 11.8 Å². The first-order valence-electron chi connectivity index (χ1n) is 9.93. The summed E-state index contributed by atoms with van der Waals surface area (Å²) < 4.78 is 7.37. The number of likely N-dealkylation sites (tertiary alicyclic amines) is 1. The van der Waals surface area contributed by atoms with Gasteiger partial charge in [-0.05, 0) is 38.5 Å². The maximum absolute atomic E-state index is 12.4. The number of nitriles is 1. The van der Waals surface area contributed by atoms with Gasteiger partial charge in [-0.1, -0.05) is 12.1 Å². The van der Waals surface area contributed by atoms with E-state index in [4.69, 9.17) is 10.00 Å². The molecule has 1 aromatic heterocycles. The van der Waals surface area contributed by atoms with Crippen molar-refractivity contribution in [2.45, 2.75) is 45.9 Å². The number of ether oxygens (including phenoxy) is 1. The molecule has 1 aromatic carbocycles. The molecule has 1 aliphatic heterocycles. The van der Waals surface area contributed by atoms with Crippen molar-refractivity contribution in [3.05, 3.63) is 46.8 Å². The lowest BCUT2D eigenvalue weighted by atomic mass is 9.92. The standard InChI is InChI=1S/C22H29N5O2/c1-14(11-23)29-19-8-6-17(7-9-19)12-24-13-18-10-20(28)26(4)22(18)21-15(2)25-27(5)16(21)3/h6-9,14,18,22,24H,10,12-13H2,1-5H3/t14?,18-,22+/m0/s1. The van der Waals surface area contributed by atoms with Gasteiger partial charge >= 0.3 is 0 Å². The molecule has 1 fully saturated rings. The molecule has 0 bridgehead atoms. The zero-order valence-electron chi connectivity index (χ0n) is 17.8. The van der Waals surface area contributed by atoms with Crippen molar-refractivity contribution in [3.63, 3.8) is 0 Å². The fourth-order valence-electron chi connectivity index (χ4n) is 4.10. The van der Waals surface area contributed by atoms with Crippen LogP contribution in [0.3, 0.4) is 0 Å². The van der Waals surface area contributed by atoms with Crippen LogP contribution in [0.2, 0.25) is 0 Å². The molecule has 2 aromatic rings. The van der Waals surface area contributed by atoms with Gasteiger partial charge in [0.05, 0.1) is 11.7 Å². The van der Waals surface area contributed by atoms with Crippen LogP contribution in [0.5, 0.6) is 5.75 Å². The largest absolute Gasteiger partial charge is 0.476 e. The molecule has 3 rings (SSSR count). The lowest BCUT2D eigenvalue weighted by molar-refractivity contribution is -0.127. The van der Waals surface area contributed by atoms with Crippen molar-refractivity contribution in [1.29, 1.82) is 5.26 Å². The van der Waals surface area contributed by atoms with Crippen LogP contribution in [-0.2, 0) is 18.4 Å². The number of hydrogen-bond acceptors (Lipinski definition) is 5. The van der Waals surface area contributed by atoms with Crippen LogP contribution in [0.25, 0.3) is 0 Å². The maximum atomic E-state index is 12.4. The summed E-state index contributed by atoms with van der Waals surface area (Å²) in [6.07, 6.45) is 0.0769. The fourth-order valence-corrected chi connectivity index (χ4v) is 4.10. The predicted octanol–water partition coefficient (Wildman–Crippen LogP) is 2.64. The molecule has 1 amide bonds. The molecular formula is C22H29N5O2. The Morgan fingerprint density at radius 1 is 1.31 bits per heavy atom. The van der Waals surface area contributed by atoms with Gasteiger partial charge in [0.2, 0.25) is 5.91 Å². The average Bonchev–Trinajstić information content (AvgIpc) is 3.11. The SMILES string of the molecule is Cc1nn(C)c(C)c1[C@H]1[C@H](CNCc2ccc(OC(C)C#N)cc2)CC(=O)N1C. The van der Waals surface area contributed by atoms with Crippen LogP contribution < -0.4 is 10.1 Å². The van der Waals surface area contributed by atoms with Gasteiger partial charge in [-0.25, -0.2) is 0 Å². The Labute approximate surface area is 172 Å². The molecule has 29 heavy (non-hydrogen) atoms. The predicted molar refractivity (Wildman–Crippen MR) is 110 cm³/mol. The quantitative estimate of drug-likeness (QED) is 0.779. The fraction of sp³-hybridized carbons (Fsp3) is 0.500. The number of carbonyl (C=O) groups excluding carboxylic acids is 1. The number of benzene rings is 1. The highest BCUT2D eigenvalue weighted by Crippen LogP contribution is 2.39. The Hall–Kier alpha value is -2.85. The van der Waals surface area contributed by atoms with Crippen molar-refractivity contribution in [1.82, 2.24) is 20.0 Å². The summed E-state index contributed by atoms with van der Waals surface area (Å²) in [6, 6.07) is 9.84. The van der Waals surface area contributed by atoms with Crippen LogP contribution in [-0.4, -0.2) is 40.3 Å². The van der Waals surface area contributed by atoms with Crippen LogP contribution in [0.1, 0.15) is 41.9 Å². The molecule has 0 aliphatic carbocycles. The lowest BCUT2D eigenvalue weighted by Crippen LogP contribution is -2.29. The van der Waals surface area contributed by atoms with E-state index in [0.717, 1.165) is 23.5 Å². The Kier molecular flexibility index (Phi) is 6.23. The smallest absolute Gasteiger partial charge is 0.223 e. The molecule has 2 heterocycles. The number of aromatic nitrogens is 2. The molecule has 1 aliphatic rings. The number of carbonyl (C=O) groups is 1. The second kappa shape index (κ2) is 8.66. The number of amides is 1. The van der Waals surface area contributed by atoms with E-state index in [1.165, 1.54) is 5.56 Å². The van der Waals surface area contributed by atoms with E-state index < -0.39 is 6.10 Å². The van der Waals surface area contributed by atoms with Gasteiger partial charge < -0.3 is 15.0 Å². The summed E-state index contributed by atoms with van der Waals surface area (Å²) >= 11 is 0. The van der Waals surface area contributed by atoms with E-state index in [1.54, 1.807) is 6.92 Å². The molecule has 0 saturated carbocycles. The maximum Gasteiger partial charge on any atom is 0.223 e. The first kappa shape index (κ1) is 20.9. The number of aryl methyl sites for hydroxylation is 2. The minimum Gasteiger partial charge on any atom is -0.476 e. The first-order valence-corrected chi connectivity index (χ1v) is 9.93. The van der Waals surface area contributed by atoms with E-state index in [0.29, 0.717) is 18.7 Å². The highest BCUT2D eigenvalue weighted by atomic mass is 16.5. The summed E-state index contributed by atoms with van der Waals surface area (Å²) in [5.74, 6) is 1.07. The molecule has 0 spiro atoms. The van der Waals surface area contributed by atoms with Crippen molar-refractivity contribution >= 4 is 5.91 Å². The minimum atomic E-state index is -0.466. The van der Waals surface area contributed by atoms with Crippen molar-refractivity contribution < 1.29 is 9.53 Å². The van der Waals surface area contributed by atoms with Crippen LogP contribution in [0.4, 0.5) is 0 Å². The van der Waals surface area contributed by atoms with Crippen LogP contribution in [0.15, 0.2) is 24.3 Å². The second-order valence-electron chi connectivity index (χ2n) is 7.79. The van der Waals surface area contributed by atoms with Crippen LogP contribution >= 0.6 is 0 Å². The second-order valence-corrected chi connectivity index (χ2v) is 7.79. The Morgan fingerprint density at radius 2 is 2.00 bits per heavy atom. The van der Waals surface area contributed by atoms with Gasteiger partial charge in [0.25, 0.3) is 0 Å². The van der Waals surface area contributed by atoms with E-state index in [9.17, 15) is 4.79 Å². The summed E-state index contributed by atoms with van der Waals surface area (Å²) in [4.78, 5) is 14.3. The third kappa shape index (κ3) is 4.43. The van der Waals surface area contributed by atoms with E-state index in [1.807, 2.05) is 54.9 Å². The van der Waals surface area contributed by atoms with Gasteiger partial charge in [0.15, 0.2) is 6.10 Å². The Bertz CT molecular complexity index is 913. The van der Waals surface area contributed by atoms with Gasteiger partial charge in [-0.15, -0.1) is 0 Å². The molecule has 1 N–H and O–H groups in total. The number of nitrogens with zero attached hydrogens (tertiary/aromatic N) is 4. The van der Waals surface area contributed by atoms with Gasteiger partial charge in [-0.3, -0.25) is 9.48 Å². The summed E-state index contributed by atoms with van der Waals surface area (Å²) in [7, 11) is 3.83. The summed E-state index contributed by atoms with van der Waals surface area (Å²) in [5.41, 5.74) is 4.40. The van der Waals surface area contributed by atoms with Gasteiger partial charge in [0, 0.05) is 50.8 Å². The van der Waals surface area contributed by atoms with E-state index >= 15 is 0 Å². The molecule has 7 nitrogen and oxygen atoms in total. The molecule has 3 atom stereocenters. The normalized spacial score (nSPS) is 20.0. The van der Waals surface area contributed by atoms with Crippen molar-refractivity contribution in [3.8, 4) is 11.8 Å². The third-order valence-electron chi connectivity index (χ3n) is 5.71. The monoisotopic (exact) mass is 395 g/mol. The lowest BCUT2D eigenvalue weighted by Gasteiger charge is -2.26. The average molecular weight is 396 g/mol. The molecule has 154 valence electrons. The van der Waals surface area contributed by atoms with Crippen molar-refractivity contribution in [2.24, 2.45) is 13.0 Å². The third-order valence-corrected chi connectivity index (χ3v) is 5.71. The molecular weight excluding hydrogens is 366 g/mol. The minimum absolute atomic E-state index is 0.0481. The molecule has 7 heteroatoms. The van der Waals surface area contributed by atoms with Crippen LogP contribution in [0, 0.1) is 31.1 Å². The van der Waals surface area contributed by atoms with E-state index in [2.05, 4.69) is 23.4 Å². The number of rotatable bonds is 7. The zero-order valence-corrected chi connectivity index (χ0v) is 17.8. The number of hydrogen-bond donors (Lipinski definition) is 1. The molecule has 0 radical (unpaired) electrons. The first-order chi connectivity index (χ1) is 13.8. The number of nitrogens with one attached hydrogen (secondary N) is 1. The highest BCUT2D eigenvalue weighted by molar-refractivity contribution is 5.79. The Balaban J connectivity index is 1.63. The Morgan fingerprint density at radius 3 is 2.59 bits per heavy atom. The topological polar surface area (TPSA) is 83.2 Å². The molecule has 1 saturated heterocycles. The molecule has 1 unspecified atom stereocenters. The van der Waals surface area contributed by atoms with Gasteiger partial charge in [-0.2, -0.15) is 10.4 Å².